The quantitative estimate of drug-likeness (QED) is 0.743. The maximum absolute atomic E-state index is 12.1. The van der Waals surface area contributed by atoms with Crippen LogP contribution >= 0.6 is 0 Å². The van der Waals surface area contributed by atoms with E-state index in [1.807, 2.05) is 6.92 Å². The lowest BCUT2D eigenvalue weighted by Crippen LogP contribution is -2.46. The van der Waals surface area contributed by atoms with E-state index < -0.39 is 9.84 Å². The zero-order chi connectivity index (χ0) is 13.9. The molecule has 1 aliphatic heterocycles. The predicted molar refractivity (Wildman–Crippen MR) is 69.7 cm³/mol. The van der Waals surface area contributed by atoms with Crippen LogP contribution in [0, 0.1) is 0 Å². The Morgan fingerprint density at radius 1 is 1.58 bits per heavy atom. The van der Waals surface area contributed by atoms with Crippen LogP contribution < -0.4 is 5.32 Å². The molecule has 106 valence electrons. The van der Waals surface area contributed by atoms with Gasteiger partial charge in [-0.2, -0.15) is 0 Å². The number of hydrogen-bond donors (Lipinski definition) is 1. The van der Waals surface area contributed by atoms with E-state index in [0.29, 0.717) is 18.8 Å². The summed E-state index contributed by atoms with van der Waals surface area (Å²) in [5, 5.41) is 10.7. The van der Waals surface area contributed by atoms with Crippen molar-refractivity contribution in [1.29, 1.82) is 0 Å². The number of nitrogens with zero attached hydrogens (tertiary/aromatic N) is 3. The van der Waals surface area contributed by atoms with Gasteiger partial charge < -0.3 is 5.32 Å². The van der Waals surface area contributed by atoms with Crippen LogP contribution in [0.2, 0.25) is 0 Å². The fraction of sp³-hybridized carbons (Fsp3) is 0.727. The van der Waals surface area contributed by atoms with Gasteiger partial charge in [-0.05, 0) is 6.42 Å². The largest absolute Gasteiger partial charge is 0.312 e. The Labute approximate surface area is 112 Å². The highest BCUT2D eigenvalue weighted by Crippen LogP contribution is 2.10. The van der Waals surface area contributed by atoms with Crippen molar-refractivity contribution in [2.75, 3.05) is 18.1 Å². The molecule has 1 aliphatic rings. The number of carbonyl (C=O) groups excluding carboxylic acids is 1. The molecule has 2 heterocycles. The summed E-state index contributed by atoms with van der Waals surface area (Å²) in [6, 6.07) is -0.309. The molecule has 1 aromatic rings. The minimum absolute atomic E-state index is 0.0219. The number of sulfone groups is 1. The molecular weight excluding hydrogens is 268 g/mol. The predicted octanol–water partition coefficient (Wildman–Crippen LogP) is -0.352. The molecule has 7 nitrogen and oxygen atoms in total. The average molecular weight is 286 g/mol. The summed E-state index contributed by atoms with van der Waals surface area (Å²) in [4.78, 5) is 12.1. The summed E-state index contributed by atoms with van der Waals surface area (Å²) in [6.07, 6.45) is 2.46. The SMILES string of the molecule is CCCn1nncc1C(=O)CC1CS(=O)(=O)CCN1. The molecule has 1 N–H and O–H groups in total. The molecule has 0 saturated carbocycles. The molecule has 1 saturated heterocycles. The van der Waals surface area contributed by atoms with E-state index in [1.54, 1.807) is 4.68 Å². The molecule has 1 atom stereocenters. The maximum Gasteiger partial charge on any atom is 0.184 e. The van der Waals surface area contributed by atoms with Gasteiger partial charge in [-0.15, -0.1) is 5.10 Å². The highest BCUT2D eigenvalue weighted by molar-refractivity contribution is 7.91. The highest BCUT2D eigenvalue weighted by atomic mass is 32.2. The van der Waals surface area contributed by atoms with E-state index in [0.717, 1.165) is 6.42 Å². The van der Waals surface area contributed by atoms with Gasteiger partial charge in [-0.1, -0.05) is 12.1 Å². The fourth-order valence-electron chi connectivity index (χ4n) is 2.18. The van der Waals surface area contributed by atoms with Gasteiger partial charge in [0.2, 0.25) is 0 Å². The van der Waals surface area contributed by atoms with Gasteiger partial charge in [-0.3, -0.25) is 4.79 Å². The van der Waals surface area contributed by atoms with E-state index >= 15 is 0 Å². The standard InChI is InChI=1S/C11H18N4O3S/c1-2-4-15-10(7-13-14-15)11(16)6-9-8-19(17,18)5-3-12-9/h7,9,12H,2-6,8H2,1H3. The van der Waals surface area contributed by atoms with Crippen molar-refractivity contribution in [3.8, 4) is 0 Å². The fourth-order valence-corrected chi connectivity index (χ4v) is 3.62. The smallest absolute Gasteiger partial charge is 0.184 e. The van der Waals surface area contributed by atoms with E-state index in [1.165, 1.54) is 6.20 Å². The van der Waals surface area contributed by atoms with Crippen molar-refractivity contribution in [3.05, 3.63) is 11.9 Å². The highest BCUT2D eigenvalue weighted by Gasteiger charge is 2.27. The molecular formula is C11H18N4O3S. The van der Waals surface area contributed by atoms with Crippen LogP contribution in [0.4, 0.5) is 0 Å². The Morgan fingerprint density at radius 2 is 2.37 bits per heavy atom. The van der Waals surface area contributed by atoms with Gasteiger partial charge in [0.15, 0.2) is 15.6 Å². The van der Waals surface area contributed by atoms with Crippen LogP contribution in [0.15, 0.2) is 6.20 Å². The Hall–Kier alpha value is -1.28. The van der Waals surface area contributed by atoms with Crippen LogP contribution in [0.3, 0.4) is 0 Å². The number of rotatable bonds is 5. The first-order valence-corrected chi connectivity index (χ1v) is 8.19. The van der Waals surface area contributed by atoms with Gasteiger partial charge in [0.05, 0.1) is 17.7 Å². The monoisotopic (exact) mass is 286 g/mol. The van der Waals surface area contributed by atoms with Gasteiger partial charge in [-0.25, -0.2) is 13.1 Å². The number of aromatic nitrogens is 3. The van der Waals surface area contributed by atoms with Crippen LogP contribution in [-0.4, -0.2) is 53.3 Å². The molecule has 0 bridgehead atoms. The van der Waals surface area contributed by atoms with E-state index in [9.17, 15) is 13.2 Å². The Balaban J connectivity index is 2.02. The van der Waals surface area contributed by atoms with Crippen LogP contribution in [0.5, 0.6) is 0 Å². The van der Waals surface area contributed by atoms with Crippen molar-refractivity contribution < 1.29 is 13.2 Å². The van der Waals surface area contributed by atoms with Crippen LogP contribution in [0.25, 0.3) is 0 Å². The van der Waals surface area contributed by atoms with Crippen LogP contribution in [0.1, 0.15) is 30.3 Å². The summed E-state index contributed by atoms with van der Waals surface area (Å²) in [5.41, 5.74) is 0.451. The normalized spacial score (nSPS) is 22.3. The average Bonchev–Trinajstić information content (AvgIpc) is 2.76. The van der Waals surface area contributed by atoms with E-state index in [-0.39, 0.29) is 29.8 Å². The Bertz CT molecular complexity index is 552. The Morgan fingerprint density at radius 3 is 3.05 bits per heavy atom. The second-order valence-electron chi connectivity index (χ2n) is 4.74. The summed E-state index contributed by atoms with van der Waals surface area (Å²) >= 11 is 0. The van der Waals surface area contributed by atoms with Gasteiger partial charge >= 0.3 is 0 Å². The number of nitrogens with one attached hydrogen (secondary N) is 1. The molecule has 1 aromatic heterocycles. The molecule has 8 heteroatoms. The van der Waals surface area contributed by atoms with Gasteiger partial charge in [0.1, 0.15) is 5.69 Å². The third-order valence-corrected chi connectivity index (χ3v) is 4.81. The molecule has 0 aromatic carbocycles. The molecule has 1 fully saturated rings. The van der Waals surface area contributed by atoms with Crippen molar-refractivity contribution in [1.82, 2.24) is 20.3 Å². The van der Waals surface area contributed by atoms with E-state index in [2.05, 4.69) is 15.6 Å². The molecule has 2 rings (SSSR count). The summed E-state index contributed by atoms with van der Waals surface area (Å²) in [7, 11) is -3.02. The lowest BCUT2D eigenvalue weighted by molar-refractivity contribution is 0.0961. The summed E-state index contributed by atoms with van der Waals surface area (Å²) in [5.74, 6) is 0.0502. The molecule has 19 heavy (non-hydrogen) atoms. The van der Waals surface area contributed by atoms with Gasteiger partial charge in [0.25, 0.3) is 0 Å². The van der Waals surface area contributed by atoms with E-state index in [4.69, 9.17) is 0 Å². The number of hydrogen-bond acceptors (Lipinski definition) is 6. The topological polar surface area (TPSA) is 93.9 Å². The summed E-state index contributed by atoms with van der Waals surface area (Å²) < 4.78 is 24.6. The third kappa shape index (κ3) is 3.60. The van der Waals surface area contributed by atoms with Crippen LogP contribution in [-0.2, 0) is 16.4 Å². The first-order valence-electron chi connectivity index (χ1n) is 6.37. The van der Waals surface area contributed by atoms with Crippen molar-refractivity contribution >= 4 is 15.6 Å². The molecule has 0 spiro atoms. The van der Waals surface area contributed by atoms with Crippen molar-refractivity contribution in [2.24, 2.45) is 0 Å². The number of carbonyl (C=O) groups is 1. The summed E-state index contributed by atoms with van der Waals surface area (Å²) in [6.45, 7) is 3.04. The second kappa shape index (κ2) is 5.79. The zero-order valence-electron chi connectivity index (χ0n) is 10.9. The molecule has 0 radical (unpaired) electrons. The minimum Gasteiger partial charge on any atom is -0.312 e. The number of ketones is 1. The first kappa shape index (κ1) is 14.1. The first-order chi connectivity index (χ1) is 9.02. The molecule has 0 amide bonds. The van der Waals surface area contributed by atoms with Crippen molar-refractivity contribution in [3.63, 3.8) is 0 Å². The lowest BCUT2D eigenvalue weighted by atomic mass is 10.1. The van der Waals surface area contributed by atoms with Crippen molar-refractivity contribution in [2.45, 2.75) is 32.4 Å². The van der Waals surface area contributed by atoms with Gasteiger partial charge in [0, 0.05) is 25.6 Å². The second-order valence-corrected chi connectivity index (χ2v) is 6.96. The molecule has 0 aliphatic carbocycles. The maximum atomic E-state index is 12.1. The Kier molecular flexibility index (Phi) is 4.31. The zero-order valence-corrected chi connectivity index (χ0v) is 11.7. The number of Topliss-reactive ketones (excluding diaryl/α,β-unsaturated/α-hetero) is 1. The third-order valence-electron chi connectivity index (χ3n) is 3.07. The minimum atomic E-state index is -3.02. The number of aryl methyl sites for hydroxylation is 1. The lowest BCUT2D eigenvalue weighted by Gasteiger charge is -2.22. The molecule has 1 unspecified atom stereocenters.